The summed E-state index contributed by atoms with van der Waals surface area (Å²) < 4.78 is 1.36. The minimum absolute atomic E-state index is 0.0646. The standard InChI is InChI=1S/C16H19N3O3/c1-3-14(12-7-5-4-6-8-12)18-15(20)11(2)19-10-13(9-17-19)16(21)22/h4-11,14H,3H2,1-2H3,(H,18,20)(H,21,22). The van der Waals surface area contributed by atoms with E-state index in [2.05, 4.69) is 10.4 Å². The van der Waals surface area contributed by atoms with Gasteiger partial charge in [-0.15, -0.1) is 0 Å². The molecule has 1 heterocycles. The first-order valence-corrected chi connectivity index (χ1v) is 7.15. The second-order valence-corrected chi connectivity index (χ2v) is 5.07. The van der Waals surface area contributed by atoms with Gasteiger partial charge in [0.15, 0.2) is 0 Å². The normalized spacial score (nSPS) is 13.4. The quantitative estimate of drug-likeness (QED) is 0.858. The lowest BCUT2D eigenvalue weighted by Gasteiger charge is -2.20. The molecule has 2 rings (SSSR count). The molecule has 1 aromatic carbocycles. The molecule has 1 amide bonds. The summed E-state index contributed by atoms with van der Waals surface area (Å²) in [6, 6.07) is 9.07. The average Bonchev–Trinajstić information content (AvgIpc) is 3.02. The molecule has 0 aliphatic heterocycles. The summed E-state index contributed by atoms with van der Waals surface area (Å²) in [6.07, 6.45) is 3.36. The van der Waals surface area contributed by atoms with Gasteiger partial charge in [-0.1, -0.05) is 37.3 Å². The van der Waals surface area contributed by atoms with Gasteiger partial charge in [0.1, 0.15) is 6.04 Å². The van der Waals surface area contributed by atoms with Gasteiger partial charge in [-0.05, 0) is 18.9 Å². The Morgan fingerprint density at radius 2 is 2.00 bits per heavy atom. The summed E-state index contributed by atoms with van der Waals surface area (Å²) in [4.78, 5) is 23.2. The summed E-state index contributed by atoms with van der Waals surface area (Å²) >= 11 is 0. The van der Waals surface area contributed by atoms with Crippen molar-refractivity contribution < 1.29 is 14.7 Å². The first-order valence-electron chi connectivity index (χ1n) is 7.15. The van der Waals surface area contributed by atoms with E-state index >= 15 is 0 Å². The van der Waals surface area contributed by atoms with Crippen LogP contribution in [0.1, 0.15) is 48.3 Å². The number of amides is 1. The topological polar surface area (TPSA) is 84.2 Å². The summed E-state index contributed by atoms with van der Waals surface area (Å²) in [5, 5.41) is 15.8. The Hall–Kier alpha value is -2.63. The summed E-state index contributed by atoms with van der Waals surface area (Å²) in [5.74, 6) is -1.26. The maximum absolute atomic E-state index is 12.3. The van der Waals surface area contributed by atoms with E-state index in [1.165, 1.54) is 17.1 Å². The Morgan fingerprint density at radius 3 is 2.55 bits per heavy atom. The van der Waals surface area contributed by atoms with Crippen molar-refractivity contribution in [1.29, 1.82) is 0 Å². The minimum atomic E-state index is -1.06. The highest BCUT2D eigenvalue weighted by molar-refractivity contribution is 5.87. The lowest BCUT2D eigenvalue weighted by Crippen LogP contribution is -2.34. The summed E-state index contributed by atoms with van der Waals surface area (Å²) in [5.41, 5.74) is 1.10. The number of carbonyl (C=O) groups is 2. The van der Waals surface area contributed by atoms with Gasteiger partial charge >= 0.3 is 5.97 Å². The number of carboxylic acids is 1. The first kappa shape index (κ1) is 15.8. The molecule has 0 bridgehead atoms. The highest BCUT2D eigenvalue weighted by Crippen LogP contribution is 2.17. The highest BCUT2D eigenvalue weighted by atomic mass is 16.4. The number of aromatic carboxylic acids is 1. The number of benzene rings is 1. The number of carboxylic acid groups (broad SMARTS) is 1. The van der Waals surface area contributed by atoms with Crippen molar-refractivity contribution in [2.45, 2.75) is 32.4 Å². The molecule has 1 aromatic heterocycles. The minimum Gasteiger partial charge on any atom is -0.478 e. The molecule has 2 N–H and O–H groups in total. The van der Waals surface area contributed by atoms with Crippen LogP contribution in [0.15, 0.2) is 42.7 Å². The predicted molar refractivity (Wildman–Crippen MR) is 81.5 cm³/mol. The summed E-state index contributed by atoms with van der Waals surface area (Å²) in [7, 11) is 0. The predicted octanol–water partition coefficient (Wildman–Crippen LogP) is 2.41. The molecule has 0 fully saturated rings. The van der Waals surface area contributed by atoms with E-state index in [1.54, 1.807) is 6.92 Å². The van der Waals surface area contributed by atoms with Gasteiger partial charge in [-0.2, -0.15) is 5.10 Å². The molecule has 2 atom stereocenters. The van der Waals surface area contributed by atoms with Crippen LogP contribution in [0.5, 0.6) is 0 Å². The fourth-order valence-electron chi connectivity index (χ4n) is 2.18. The molecule has 0 aliphatic carbocycles. The third kappa shape index (κ3) is 3.52. The maximum atomic E-state index is 12.3. The molecule has 2 aromatic rings. The van der Waals surface area contributed by atoms with E-state index in [9.17, 15) is 9.59 Å². The Kier molecular flexibility index (Phi) is 4.93. The summed E-state index contributed by atoms with van der Waals surface area (Å²) in [6.45, 7) is 3.69. The van der Waals surface area contributed by atoms with Crippen molar-refractivity contribution in [3.8, 4) is 0 Å². The van der Waals surface area contributed by atoms with Crippen molar-refractivity contribution in [2.75, 3.05) is 0 Å². The van der Waals surface area contributed by atoms with Gasteiger partial charge in [-0.25, -0.2) is 4.79 Å². The van der Waals surface area contributed by atoms with Gasteiger partial charge in [-0.3, -0.25) is 9.48 Å². The number of nitrogens with one attached hydrogen (secondary N) is 1. The van der Waals surface area contributed by atoms with E-state index in [4.69, 9.17) is 5.11 Å². The van der Waals surface area contributed by atoms with Gasteiger partial charge in [0.05, 0.1) is 17.8 Å². The molecule has 0 saturated heterocycles. The largest absolute Gasteiger partial charge is 0.478 e. The molecule has 6 nitrogen and oxygen atoms in total. The zero-order valence-corrected chi connectivity index (χ0v) is 12.6. The van der Waals surface area contributed by atoms with Gasteiger partial charge in [0.2, 0.25) is 5.91 Å². The van der Waals surface area contributed by atoms with Crippen molar-refractivity contribution in [3.05, 3.63) is 53.9 Å². The van der Waals surface area contributed by atoms with E-state index in [-0.39, 0.29) is 17.5 Å². The van der Waals surface area contributed by atoms with Crippen LogP contribution in [0, 0.1) is 0 Å². The van der Waals surface area contributed by atoms with Crippen molar-refractivity contribution >= 4 is 11.9 Å². The fourth-order valence-corrected chi connectivity index (χ4v) is 2.18. The molecule has 22 heavy (non-hydrogen) atoms. The Morgan fingerprint density at radius 1 is 1.32 bits per heavy atom. The second kappa shape index (κ2) is 6.89. The number of carbonyl (C=O) groups excluding carboxylic acids is 1. The van der Waals surface area contributed by atoms with E-state index in [0.717, 1.165) is 12.0 Å². The third-order valence-corrected chi connectivity index (χ3v) is 3.55. The number of nitrogens with zero attached hydrogens (tertiary/aromatic N) is 2. The molecule has 116 valence electrons. The Bertz CT molecular complexity index is 652. The smallest absolute Gasteiger partial charge is 0.338 e. The van der Waals surface area contributed by atoms with Crippen LogP contribution >= 0.6 is 0 Å². The average molecular weight is 301 g/mol. The van der Waals surface area contributed by atoms with Crippen LogP contribution in [0.4, 0.5) is 0 Å². The SMILES string of the molecule is CCC(NC(=O)C(C)n1cc(C(=O)O)cn1)c1ccccc1. The molecule has 0 aliphatic rings. The van der Waals surface area contributed by atoms with E-state index in [0.29, 0.717) is 0 Å². The van der Waals surface area contributed by atoms with Gasteiger partial charge < -0.3 is 10.4 Å². The Balaban J connectivity index is 2.08. The lowest BCUT2D eigenvalue weighted by molar-refractivity contribution is -0.124. The highest BCUT2D eigenvalue weighted by Gasteiger charge is 2.20. The number of aromatic nitrogens is 2. The first-order chi connectivity index (χ1) is 10.5. The van der Waals surface area contributed by atoms with Crippen LogP contribution < -0.4 is 5.32 Å². The van der Waals surface area contributed by atoms with Gasteiger partial charge in [0, 0.05) is 6.20 Å². The van der Waals surface area contributed by atoms with Crippen LogP contribution in [-0.4, -0.2) is 26.8 Å². The van der Waals surface area contributed by atoms with Crippen LogP contribution in [-0.2, 0) is 4.79 Å². The number of hydrogen-bond acceptors (Lipinski definition) is 3. The zero-order chi connectivity index (χ0) is 16.1. The van der Waals surface area contributed by atoms with E-state index < -0.39 is 12.0 Å². The molecular formula is C16H19N3O3. The molecule has 6 heteroatoms. The maximum Gasteiger partial charge on any atom is 0.338 e. The Labute approximate surface area is 128 Å². The zero-order valence-electron chi connectivity index (χ0n) is 12.6. The van der Waals surface area contributed by atoms with Crippen LogP contribution in [0.3, 0.4) is 0 Å². The number of rotatable bonds is 6. The molecular weight excluding hydrogens is 282 g/mol. The van der Waals surface area contributed by atoms with Gasteiger partial charge in [0.25, 0.3) is 0 Å². The number of hydrogen-bond donors (Lipinski definition) is 2. The van der Waals surface area contributed by atoms with Crippen LogP contribution in [0.25, 0.3) is 0 Å². The lowest BCUT2D eigenvalue weighted by atomic mass is 10.0. The monoisotopic (exact) mass is 301 g/mol. The van der Waals surface area contributed by atoms with E-state index in [1.807, 2.05) is 37.3 Å². The third-order valence-electron chi connectivity index (χ3n) is 3.55. The van der Waals surface area contributed by atoms with Crippen LogP contribution in [0.2, 0.25) is 0 Å². The van der Waals surface area contributed by atoms with Crippen molar-refractivity contribution in [1.82, 2.24) is 15.1 Å². The van der Waals surface area contributed by atoms with Crippen molar-refractivity contribution in [2.24, 2.45) is 0 Å². The molecule has 0 radical (unpaired) electrons. The fraction of sp³-hybridized carbons (Fsp3) is 0.312. The van der Waals surface area contributed by atoms with Crippen molar-refractivity contribution in [3.63, 3.8) is 0 Å². The second-order valence-electron chi connectivity index (χ2n) is 5.07. The molecule has 0 spiro atoms. The molecule has 2 unspecified atom stereocenters. The molecule has 0 saturated carbocycles.